The summed E-state index contributed by atoms with van der Waals surface area (Å²) in [7, 11) is 0. The molecule has 0 unspecified atom stereocenters. The molecular weight excluding hydrogens is 280 g/mol. The van der Waals surface area contributed by atoms with E-state index in [9.17, 15) is 5.11 Å². The van der Waals surface area contributed by atoms with Crippen molar-refractivity contribution in [1.82, 2.24) is 5.27 Å². The van der Waals surface area contributed by atoms with Gasteiger partial charge in [0.05, 0.1) is 16.7 Å². The van der Waals surface area contributed by atoms with Crippen molar-refractivity contribution >= 4 is 11.4 Å². The lowest BCUT2D eigenvalue weighted by Gasteiger charge is -2.03. The number of nitrogens with one attached hydrogen (secondary N) is 1. The summed E-state index contributed by atoms with van der Waals surface area (Å²) < 4.78 is 5.90. The van der Waals surface area contributed by atoms with Gasteiger partial charge < -0.3 is 9.63 Å². The molecule has 2 aromatic carbocycles. The summed E-state index contributed by atoms with van der Waals surface area (Å²) in [5, 5.41) is 19.0. The van der Waals surface area contributed by atoms with Crippen LogP contribution in [0.25, 0.3) is 5.69 Å². The molecule has 1 aromatic heterocycles. The highest BCUT2D eigenvalue weighted by Gasteiger charge is 2.09. The van der Waals surface area contributed by atoms with E-state index >= 15 is 0 Å². The molecule has 0 fully saturated rings. The van der Waals surface area contributed by atoms with Gasteiger partial charge in [-0.05, 0) is 41.4 Å². The summed E-state index contributed by atoms with van der Waals surface area (Å²) in [5.74, 6) is -0.478. The predicted octanol–water partition coefficient (Wildman–Crippen LogP) is 1.86. The van der Waals surface area contributed by atoms with Crippen molar-refractivity contribution in [3.8, 4) is 11.6 Å². The number of hydrazone groups is 1. The Labute approximate surface area is 127 Å². The maximum Gasteiger partial charge on any atom is 0.239 e. The fourth-order valence-electron chi connectivity index (χ4n) is 1.93. The van der Waals surface area contributed by atoms with Crippen LogP contribution in [0.2, 0.25) is 0 Å². The summed E-state index contributed by atoms with van der Waals surface area (Å²) in [6, 6.07) is 17.2. The molecule has 6 nitrogen and oxygen atoms in total. The topological polar surface area (TPSA) is 77.4 Å². The van der Waals surface area contributed by atoms with Gasteiger partial charge >= 0.3 is 0 Å². The van der Waals surface area contributed by atoms with Crippen LogP contribution in [0.4, 0.5) is 5.69 Å². The standard InChI is InChI=1S/C16H14N4O2/c1-12(17-18-14-5-3-2-4-6-14)13-7-9-15(10-8-13)20-11-16(21)22-19-20/h2-11H,1H3,(H-,18,19,21). The minimum Gasteiger partial charge on any atom is -0.539 e. The Morgan fingerprint density at radius 2 is 1.86 bits per heavy atom. The molecule has 0 spiro atoms. The van der Waals surface area contributed by atoms with Crippen molar-refractivity contribution in [2.75, 3.05) is 5.43 Å². The number of hydrogen-bond acceptors (Lipinski definition) is 5. The van der Waals surface area contributed by atoms with E-state index in [0.717, 1.165) is 22.6 Å². The van der Waals surface area contributed by atoms with Crippen LogP contribution < -0.4 is 15.2 Å². The van der Waals surface area contributed by atoms with Gasteiger partial charge in [0.2, 0.25) is 11.9 Å². The molecule has 0 saturated carbocycles. The van der Waals surface area contributed by atoms with E-state index in [1.807, 2.05) is 61.5 Å². The number of anilines is 1. The van der Waals surface area contributed by atoms with Gasteiger partial charge in [-0.15, -0.1) is 0 Å². The average molecular weight is 294 g/mol. The van der Waals surface area contributed by atoms with Gasteiger partial charge in [0.1, 0.15) is 5.95 Å². The average Bonchev–Trinajstić information content (AvgIpc) is 3.00. The Hall–Kier alpha value is -3.15. The summed E-state index contributed by atoms with van der Waals surface area (Å²) in [5.41, 5.74) is 6.51. The summed E-state index contributed by atoms with van der Waals surface area (Å²) in [6.07, 6.45) is 1.28. The highest BCUT2D eigenvalue weighted by molar-refractivity contribution is 5.99. The van der Waals surface area contributed by atoms with Crippen molar-refractivity contribution in [2.24, 2.45) is 5.10 Å². The summed E-state index contributed by atoms with van der Waals surface area (Å²) in [6.45, 7) is 1.92. The van der Waals surface area contributed by atoms with Crippen molar-refractivity contribution in [3.63, 3.8) is 0 Å². The molecular formula is C16H14N4O2. The lowest BCUT2D eigenvalue weighted by Crippen LogP contribution is -2.31. The van der Waals surface area contributed by atoms with Crippen LogP contribution in [0.3, 0.4) is 0 Å². The van der Waals surface area contributed by atoms with Crippen LogP contribution in [-0.4, -0.2) is 11.0 Å². The molecule has 0 saturated heterocycles. The van der Waals surface area contributed by atoms with Crippen molar-refractivity contribution in [3.05, 3.63) is 66.4 Å². The molecule has 1 heterocycles. The monoisotopic (exact) mass is 294 g/mol. The number of rotatable bonds is 4. The summed E-state index contributed by atoms with van der Waals surface area (Å²) >= 11 is 0. The molecule has 22 heavy (non-hydrogen) atoms. The molecule has 0 aliphatic carbocycles. The number of benzene rings is 2. The third-order valence-corrected chi connectivity index (χ3v) is 3.12. The number of aromatic nitrogens is 2. The SMILES string of the molecule is C/C(=N\Nc1ccccc1)c1ccc(-[n+]2cc([O-])on2)cc1. The Balaban J connectivity index is 1.74. The Bertz CT molecular complexity index is 779. The van der Waals surface area contributed by atoms with E-state index in [2.05, 4.69) is 20.3 Å². The van der Waals surface area contributed by atoms with Gasteiger partial charge in [-0.25, -0.2) is 0 Å². The zero-order valence-electron chi connectivity index (χ0n) is 11.9. The Morgan fingerprint density at radius 3 is 2.50 bits per heavy atom. The fraction of sp³-hybridized carbons (Fsp3) is 0.0625. The molecule has 0 bridgehead atoms. The number of hydrogen-bond donors (Lipinski definition) is 1. The van der Waals surface area contributed by atoms with E-state index in [1.165, 1.54) is 10.9 Å². The van der Waals surface area contributed by atoms with Crippen LogP contribution in [0.1, 0.15) is 12.5 Å². The highest BCUT2D eigenvalue weighted by atomic mass is 16.6. The lowest BCUT2D eigenvalue weighted by molar-refractivity contribution is -0.670. The van der Waals surface area contributed by atoms with Gasteiger partial charge in [0, 0.05) is 12.1 Å². The molecule has 3 aromatic rings. The van der Waals surface area contributed by atoms with E-state index in [4.69, 9.17) is 0 Å². The van der Waals surface area contributed by atoms with Gasteiger partial charge in [0.15, 0.2) is 0 Å². The van der Waals surface area contributed by atoms with Crippen molar-refractivity contribution in [1.29, 1.82) is 0 Å². The first-order valence-electron chi connectivity index (χ1n) is 6.74. The van der Waals surface area contributed by atoms with Crippen molar-refractivity contribution < 1.29 is 14.3 Å². The minimum absolute atomic E-state index is 0.478. The predicted molar refractivity (Wildman–Crippen MR) is 79.8 cm³/mol. The van der Waals surface area contributed by atoms with E-state index in [1.54, 1.807) is 0 Å². The molecule has 0 aliphatic heterocycles. The zero-order valence-corrected chi connectivity index (χ0v) is 11.9. The van der Waals surface area contributed by atoms with Crippen molar-refractivity contribution in [2.45, 2.75) is 6.92 Å². The second kappa shape index (κ2) is 6.09. The molecule has 0 aliphatic rings. The van der Waals surface area contributed by atoms with Gasteiger partial charge in [0.25, 0.3) is 0 Å². The molecule has 3 rings (SSSR count). The molecule has 1 N–H and O–H groups in total. The third-order valence-electron chi connectivity index (χ3n) is 3.12. The van der Waals surface area contributed by atoms with E-state index in [-0.39, 0.29) is 0 Å². The summed E-state index contributed by atoms with van der Waals surface area (Å²) in [4.78, 5) is 0. The first-order chi connectivity index (χ1) is 10.7. The van der Waals surface area contributed by atoms with Gasteiger partial charge in [-0.2, -0.15) is 5.10 Å². The first-order valence-corrected chi connectivity index (χ1v) is 6.74. The third kappa shape index (κ3) is 3.12. The molecule has 0 atom stereocenters. The normalized spacial score (nSPS) is 11.4. The van der Waals surface area contributed by atoms with Crippen LogP contribution in [0.15, 0.2) is 70.4 Å². The minimum atomic E-state index is -0.478. The maximum absolute atomic E-state index is 11.0. The van der Waals surface area contributed by atoms with E-state index in [0.29, 0.717) is 0 Å². The number of para-hydroxylation sites is 1. The Morgan fingerprint density at radius 1 is 1.14 bits per heavy atom. The van der Waals surface area contributed by atoms with Crippen LogP contribution in [0, 0.1) is 0 Å². The molecule has 6 heteroatoms. The van der Waals surface area contributed by atoms with Crippen LogP contribution >= 0.6 is 0 Å². The highest BCUT2D eigenvalue weighted by Crippen LogP contribution is 2.09. The van der Waals surface area contributed by atoms with Crippen LogP contribution in [0.5, 0.6) is 5.95 Å². The van der Waals surface area contributed by atoms with Gasteiger partial charge in [-0.3, -0.25) is 5.43 Å². The molecule has 0 amide bonds. The zero-order chi connectivity index (χ0) is 15.4. The fourth-order valence-corrected chi connectivity index (χ4v) is 1.93. The smallest absolute Gasteiger partial charge is 0.239 e. The quantitative estimate of drug-likeness (QED) is 0.452. The van der Waals surface area contributed by atoms with Crippen LogP contribution in [-0.2, 0) is 0 Å². The number of nitrogens with zero attached hydrogens (tertiary/aromatic N) is 3. The van der Waals surface area contributed by atoms with E-state index < -0.39 is 5.95 Å². The molecule has 0 radical (unpaired) electrons. The lowest BCUT2D eigenvalue weighted by atomic mass is 10.1. The second-order valence-corrected chi connectivity index (χ2v) is 4.69. The first kappa shape index (κ1) is 13.8. The second-order valence-electron chi connectivity index (χ2n) is 4.69. The Kier molecular flexibility index (Phi) is 3.82. The largest absolute Gasteiger partial charge is 0.539 e. The van der Waals surface area contributed by atoms with Gasteiger partial charge in [-0.1, -0.05) is 18.2 Å². The maximum atomic E-state index is 11.0. The molecule has 110 valence electrons.